The molecule has 0 unspecified atom stereocenters. The molecular formula is C23H19BrClF3N6O. The molecule has 0 spiro atoms. The Hall–Kier alpha value is -2.92. The highest BCUT2D eigenvalue weighted by Gasteiger charge is 2.37. The smallest absolute Gasteiger partial charge is 0.307 e. The van der Waals surface area contributed by atoms with Gasteiger partial charge in [0.2, 0.25) is 5.91 Å². The summed E-state index contributed by atoms with van der Waals surface area (Å²) in [5, 5.41) is 11.8. The first-order valence-corrected chi connectivity index (χ1v) is 12.0. The predicted molar refractivity (Wildman–Crippen MR) is 128 cm³/mol. The Bertz CT molecular complexity index is 1440. The summed E-state index contributed by atoms with van der Waals surface area (Å²) in [6, 6.07) is 8.46. The van der Waals surface area contributed by atoms with E-state index in [1.54, 1.807) is 16.9 Å². The van der Waals surface area contributed by atoms with Crippen molar-refractivity contribution in [1.29, 1.82) is 0 Å². The van der Waals surface area contributed by atoms with Crippen molar-refractivity contribution in [1.82, 2.24) is 24.5 Å². The summed E-state index contributed by atoms with van der Waals surface area (Å²) in [6.45, 7) is 1.56. The average molecular weight is 568 g/mol. The lowest BCUT2D eigenvalue weighted by Crippen LogP contribution is -2.20. The van der Waals surface area contributed by atoms with Gasteiger partial charge in [-0.05, 0) is 53.4 Å². The second kappa shape index (κ2) is 8.94. The molecule has 35 heavy (non-hydrogen) atoms. The Morgan fingerprint density at radius 3 is 2.69 bits per heavy atom. The maximum atomic E-state index is 13.8. The van der Waals surface area contributed by atoms with E-state index in [4.69, 9.17) is 11.6 Å². The van der Waals surface area contributed by atoms with Crippen LogP contribution in [0.2, 0.25) is 5.02 Å². The summed E-state index contributed by atoms with van der Waals surface area (Å²) in [5.41, 5.74) is 0.693. The molecule has 1 amide bonds. The number of rotatable bonds is 6. The van der Waals surface area contributed by atoms with E-state index in [-0.39, 0.29) is 35.0 Å². The number of aromatic nitrogens is 5. The molecule has 3 aromatic heterocycles. The summed E-state index contributed by atoms with van der Waals surface area (Å²) in [7, 11) is 0. The van der Waals surface area contributed by atoms with Crippen molar-refractivity contribution in [3.63, 3.8) is 0 Å². The van der Waals surface area contributed by atoms with Gasteiger partial charge in [-0.2, -0.15) is 23.4 Å². The van der Waals surface area contributed by atoms with Gasteiger partial charge in [-0.15, -0.1) is 0 Å². The molecule has 1 fully saturated rings. The third-order valence-electron chi connectivity index (χ3n) is 5.76. The molecule has 0 bridgehead atoms. The molecule has 7 nitrogen and oxygen atoms in total. The van der Waals surface area contributed by atoms with Crippen LogP contribution in [0.1, 0.15) is 41.3 Å². The van der Waals surface area contributed by atoms with Crippen molar-refractivity contribution in [2.75, 3.05) is 5.32 Å². The number of anilines is 1. The summed E-state index contributed by atoms with van der Waals surface area (Å²) >= 11 is 9.59. The van der Waals surface area contributed by atoms with Gasteiger partial charge in [-0.25, -0.2) is 9.67 Å². The van der Waals surface area contributed by atoms with Crippen molar-refractivity contribution >= 4 is 50.3 Å². The Morgan fingerprint density at radius 2 is 2.00 bits per heavy atom. The summed E-state index contributed by atoms with van der Waals surface area (Å²) < 4.78 is 44.7. The molecule has 4 aromatic rings. The molecule has 12 heteroatoms. The third kappa shape index (κ3) is 4.92. The van der Waals surface area contributed by atoms with E-state index < -0.39 is 17.6 Å². The van der Waals surface area contributed by atoms with E-state index in [1.165, 1.54) is 11.6 Å². The average Bonchev–Trinajstić information content (AvgIpc) is 3.52. The van der Waals surface area contributed by atoms with E-state index in [2.05, 4.69) is 36.4 Å². The Morgan fingerprint density at radius 1 is 1.26 bits per heavy atom. The monoisotopic (exact) mass is 566 g/mol. The SMILES string of the molecule is Cc1nn(CC(=O)Nc2nn(Cc3ccccc3Cl)cc2Br)c2nc(C3CC3)cc(C(F)(F)F)c12. The van der Waals surface area contributed by atoms with Crippen LogP contribution in [-0.4, -0.2) is 30.5 Å². The number of hydrogen-bond acceptors (Lipinski definition) is 4. The first-order valence-electron chi connectivity index (χ1n) is 10.8. The molecule has 3 heterocycles. The largest absolute Gasteiger partial charge is 0.417 e. The zero-order chi connectivity index (χ0) is 24.9. The lowest BCUT2D eigenvalue weighted by molar-refractivity contribution is -0.136. The van der Waals surface area contributed by atoms with Crippen LogP contribution >= 0.6 is 27.5 Å². The second-order valence-electron chi connectivity index (χ2n) is 8.47. The minimum atomic E-state index is -4.55. The van der Waals surface area contributed by atoms with Gasteiger partial charge in [-0.1, -0.05) is 29.8 Å². The number of amides is 1. The van der Waals surface area contributed by atoms with Crippen LogP contribution in [0.4, 0.5) is 19.0 Å². The van der Waals surface area contributed by atoms with Gasteiger partial charge in [0.1, 0.15) is 6.54 Å². The van der Waals surface area contributed by atoms with Crippen LogP contribution < -0.4 is 5.32 Å². The number of fused-ring (bicyclic) bond motifs is 1. The predicted octanol–water partition coefficient (Wildman–Crippen LogP) is 5.94. The van der Waals surface area contributed by atoms with Gasteiger partial charge in [0.05, 0.1) is 27.7 Å². The second-order valence-corrected chi connectivity index (χ2v) is 9.73. The van der Waals surface area contributed by atoms with Crippen molar-refractivity contribution in [2.24, 2.45) is 0 Å². The number of benzene rings is 1. The zero-order valence-electron chi connectivity index (χ0n) is 18.4. The minimum Gasteiger partial charge on any atom is -0.307 e. The van der Waals surface area contributed by atoms with Crippen LogP contribution in [0.25, 0.3) is 11.0 Å². The van der Waals surface area contributed by atoms with Crippen molar-refractivity contribution in [3.8, 4) is 0 Å². The fraction of sp³-hybridized carbons (Fsp3) is 0.304. The van der Waals surface area contributed by atoms with Crippen LogP contribution in [0.5, 0.6) is 0 Å². The van der Waals surface area contributed by atoms with E-state index >= 15 is 0 Å². The molecule has 1 aromatic carbocycles. The van der Waals surface area contributed by atoms with Crippen molar-refractivity contribution in [3.05, 3.63) is 68.5 Å². The molecule has 1 aliphatic carbocycles. The number of halogens is 5. The van der Waals surface area contributed by atoms with E-state index in [9.17, 15) is 18.0 Å². The number of aryl methyl sites for hydroxylation is 1. The normalized spacial score (nSPS) is 14.0. The molecule has 0 saturated heterocycles. The summed E-state index contributed by atoms with van der Waals surface area (Å²) in [5.74, 6) is -0.209. The van der Waals surface area contributed by atoms with Crippen LogP contribution in [0.15, 0.2) is 41.0 Å². The molecular weight excluding hydrogens is 549 g/mol. The molecule has 1 saturated carbocycles. The van der Waals surface area contributed by atoms with E-state index in [0.29, 0.717) is 21.7 Å². The Balaban J connectivity index is 1.39. The highest BCUT2D eigenvalue weighted by molar-refractivity contribution is 9.10. The van der Waals surface area contributed by atoms with Crippen molar-refractivity contribution < 1.29 is 18.0 Å². The lowest BCUT2D eigenvalue weighted by atomic mass is 10.1. The number of carbonyl (C=O) groups excluding carboxylic acids is 1. The molecule has 182 valence electrons. The van der Waals surface area contributed by atoms with Crippen molar-refractivity contribution in [2.45, 2.75) is 44.9 Å². The Kier molecular flexibility index (Phi) is 6.08. The molecule has 0 radical (unpaired) electrons. The highest BCUT2D eigenvalue weighted by Crippen LogP contribution is 2.43. The number of nitrogens with one attached hydrogen (secondary N) is 1. The van der Waals surface area contributed by atoms with Gasteiger partial charge in [0, 0.05) is 22.8 Å². The lowest BCUT2D eigenvalue weighted by Gasteiger charge is -2.11. The summed E-state index contributed by atoms with van der Waals surface area (Å²) in [4.78, 5) is 17.3. The summed E-state index contributed by atoms with van der Waals surface area (Å²) in [6.07, 6.45) is -1.25. The van der Waals surface area contributed by atoms with Gasteiger partial charge in [0.25, 0.3) is 0 Å². The molecule has 0 aliphatic heterocycles. The topological polar surface area (TPSA) is 77.6 Å². The molecule has 0 atom stereocenters. The van der Waals surface area contributed by atoms with Crippen LogP contribution in [0.3, 0.4) is 0 Å². The fourth-order valence-corrected chi connectivity index (χ4v) is 4.58. The maximum absolute atomic E-state index is 13.8. The standard InChI is InChI=1S/C23H19BrClF3N6O/c1-12-20-15(23(26,27)28)8-18(13-6-7-13)29-22(20)34(31-12)11-19(35)30-21-16(24)10-33(32-21)9-14-4-2-3-5-17(14)25/h2-5,8,10,13H,6-7,9,11H2,1H3,(H,30,32,35). The number of hydrogen-bond donors (Lipinski definition) is 1. The number of carbonyl (C=O) groups is 1. The first-order chi connectivity index (χ1) is 16.6. The maximum Gasteiger partial charge on any atom is 0.417 e. The molecule has 1 aliphatic rings. The molecule has 1 N–H and O–H groups in total. The van der Waals surface area contributed by atoms with E-state index in [0.717, 1.165) is 24.5 Å². The van der Waals surface area contributed by atoms with Crippen LogP contribution in [-0.2, 0) is 24.1 Å². The third-order valence-corrected chi connectivity index (χ3v) is 6.71. The number of pyridine rings is 1. The zero-order valence-corrected chi connectivity index (χ0v) is 20.7. The van der Waals surface area contributed by atoms with E-state index in [1.807, 2.05) is 18.2 Å². The van der Waals surface area contributed by atoms with Gasteiger partial charge in [0.15, 0.2) is 11.5 Å². The number of nitrogens with zero attached hydrogens (tertiary/aromatic N) is 5. The van der Waals surface area contributed by atoms with Crippen LogP contribution in [0, 0.1) is 6.92 Å². The molecule has 5 rings (SSSR count). The van der Waals surface area contributed by atoms with Gasteiger partial charge in [-0.3, -0.25) is 9.48 Å². The highest BCUT2D eigenvalue weighted by atomic mass is 79.9. The Labute approximate surface area is 211 Å². The fourth-order valence-electron chi connectivity index (χ4n) is 3.97. The number of alkyl halides is 3. The quantitative estimate of drug-likeness (QED) is 0.313. The first kappa shape index (κ1) is 23.8. The van der Waals surface area contributed by atoms with Gasteiger partial charge < -0.3 is 5.32 Å². The van der Waals surface area contributed by atoms with Gasteiger partial charge >= 0.3 is 6.18 Å². The minimum absolute atomic E-state index is 0.0102.